The van der Waals surface area contributed by atoms with E-state index in [1.165, 1.54) is 10.4 Å². The van der Waals surface area contributed by atoms with Gasteiger partial charge < -0.3 is 0 Å². The number of aryl methyl sites for hydroxylation is 1. The first-order chi connectivity index (χ1) is 8.69. The normalized spacial score (nSPS) is 12.6. The SMILES string of the molecule is Cc1ncc(CC(CCl)Cc2ccccc2Cl)s1. The monoisotopic (exact) mass is 299 g/mol. The first kappa shape index (κ1) is 13.9. The van der Waals surface area contributed by atoms with Gasteiger partial charge in [0.05, 0.1) is 5.01 Å². The smallest absolute Gasteiger partial charge is 0.0896 e. The molecular weight excluding hydrogens is 285 g/mol. The number of alkyl halides is 1. The summed E-state index contributed by atoms with van der Waals surface area (Å²) in [5.74, 6) is 1.05. The van der Waals surface area contributed by atoms with Crippen molar-refractivity contribution in [3.8, 4) is 0 Å². The number of nitrogens with zero attached hydrogens (tertiary/aromatic N) is 1. The highest BCUT2D eigenvalue weighted by molar-refractivity contribution is 7.11. The standard InChI is InChI=1S/C14H15Cl2NS/c1-10-17-9-13(18-10)7-11(8-15)6-12-4-2-3-5-14(12)16/h2-5,9,11H,6-8H2,1H3. The molecule has 2 rings (SSSR count). The average molecular weight is 300 g/mol. The van der Waals surface area contributed by atoms with Crippen LogP contribution in [0.5, 0.6) is 0 Å². The van der Waals surface area contributed by atoms with E-state index in [0.29, 0.717) is 11.8 Å². The Bertz CT molecular complexity index is 510. The molecule has 0 radical (unpaired) electrons. The van der Waals surface area contributed by atoms with Gasteiger partial charge in [0.25, 0.3) is 0 Å². The summed E-state index contributed by atoms with van der Waals surface area (Å²) in [6, 6.07) is 7.97. The summed E-state index contributed by atoms with van der Waals surface area (Å²) in [4.78, 5) is 5.57. The summed E-state index contributed by atoms with van der Waals surface area (Å²) in [6.45, 7) is 2.03. The van der Waals surface area contributed by atoms with Crippen LogP contribution in [0.2, 0.25) is 5.02 Å². The molecule has 0 aliphatic carbocycles. The number of halogens is 2. The molecule has 1 nitrogen and oxygen atoms in total. The maximum absolute atomic E-state index is 6.18. The van der Waals surface area contributed by atoms with Gasteiger partial charge in [-0.15, -0.1) is 22.9 Å². The number of benzene rings is 1. The third-order valence-corrected chi connectivity index (χ3v) is 4.58. The van der Waals surface area contributed by atoms with E-state index in [0.717, 1.165) is 22.9 Å². The van der Waals surface area contributed by atoms with E-state index in [-0.39, 0.29) is 0 Å². The Morgan fingerprint density at radius 2 is 2.06 bits per heavy atom. The fraction of sp³-hybridized carbons (Fsp3) is 0.357. The molecule has 96 valence electrons. The third-order valence-electron chi connectivity index (χ3n) is 2.84. The molecule has 0 fully saturated rings. The van der Waals surface area contributed by atoms with Crippen molar-refractivity contribution in [2.45, 2.75) is 19.8 Å². The molecule has 2 aromatic rings. The van der Waals surface area contributed by atoms with Crippen LogP contribution in [-0.2, 0) is 12.8 Å². The molecule has 1 heterocycles. The summed E-state index contributed by atoms with van der Waals surface area (Å²) in [5.41, 5.74) is 1.17. The van der Waals surface area contributed by atoms with Crippen LogP contribution in [0.3, 0.4) is 0 Å². The zero-order chi connectivity index (χ0) is 13.0. The molecule has 0 saturated heterocycles. The second-order valence-electron chi connectivity index (χ2n) is 4.37. The largest absolute Gasteiger partial charge is 0.250 e. The molecule has 0 N–H and O–H groups in total. The molecule has 0 saturated carbocycles. The topological polar surface area (TPSA) is 12.9 Å². The van der Waals surface area contributed by atoms with Crippen LogP contribution in [-0.4, -0.2) is 10.9 Å². The van der Waals surface area contributed by atoms with E-state index in [4.69, 9.17) is 23.2 Å². The molecule has 1 atom stereocenters. The molecule has 1 aromatic carbocycles. The number of thiazole rings is 1. The van der Waals surface area contributed by atoms with Crippen LogP contribution < -0.4 is 0 Å². The van der Waals surface area contributed by atoms with Gasteiger partial charge in [-0.2, -0.15) is 0 Å². The molecule has 0 aliphatic heterocycles. The van der Waals surface area contributed by atoms with E-state index in [2.05, 4.69) is 11.1 Å². The van der Waals surface area contributed by atoms with Gasteiger partial charge in [-0.25, -0.2) is 4.98 Å². The van der Waals surface area contributed by atoms with Gasteiger partial charge >= 0.3 is 0 Å². The lowest BCUT2D eigenvalue weighted by Crippen LogP contribution is -2.09. The van der Waals surface area contributed by atoms with Gasteiger partial charge in [0, 0.05) is 22.0 Å². The molecule has 0 bridgehead atoms. The molecule has 0 amide bonds. The number of rotatable bonds is 5. The summed E-state index contributed by atoms with van der Waals surface area (Å²) in [5, 5.41) is 1.93. The van der Waals surface area contributed by atoms with Crippen molar-refractivity contribution < 1.29 is 0 Å². The lowest BCUT2D eigenvalue weighted by molar-refractivity contribution is 0.588. The van der Waals surface area contributed by atoms with E-state index >= 15 is 0 Å². The van der Waals surface area contributed by atoms with Crippen LogP contribution in [0.1, 0.15) is 15.4 Å². The first-order valence-corrected chi connectivity index (χ1v) is 7.62. The van der Waals surface area contributed by atoms with Crippen molar-refractivity contribution in [3.63, 3.8) is 0 Å². The predicted octanol–water partition coefficient (Wildman–Crippen LogP) is 4.75. The minimum Gasteiger partial charge on any atom is -0.250 e. The highest BCUT2D eigenvalue weighted by Crippen LogP contribution is 2.23. The predicted molar refractivity (Wildman–Crippen MR) is 79.9 cm³/mol. The average Bonchev–Trinajstić information content (AvgIpc) is 2.76. The van der Waals surface area contributed by atoms with Crippen LogP contribution in [0.15, 0.2) is 30.5 Å². The first-order valence-electron chi connectivity index (χ1n) is 5.89. The molecule has 1 unspecified atom stereocenters. The van der Waals surface area contributed by atoms with E-state index in [9.17, 15) is 0 Å². The van der Waals surface area contributed by atoms with Crippen molar-refractivity contribution in [2.24, 2.45) is 5.92 Å². The molecule has 1 aromatic heterocycles. The van der Waals surface area contributed by atoms with Crippen molar-refractivity contribution in [2.75, 3.05) is 5.88 Å². The van der Waals surface area contributed by atoms with Crippen molar-refractivity contribution >= 4 is 34.5 Å². The highest BCUT2D eigenvalue weighted by atomic mass is 35.5. The Labute approximate surface area is 122 Å². The van der Waals surface area contributed by atoms with Gasteiger partial charge in [-0.05, 0) is 37.3 Å². The highest BCUT2D eigenvalue weighted by Gasteiger charge is 2.13. The third kappa shape index (κ3) is 3.71. The maximum atomic E-state index is 6.18. The Balaban J connectivity index is 2.04. The van der Waals surface area contributed by atoms with E-state index < -0.39 is 0 Å². The quantitative estimate of drug-likeness (QED) is 0.726. The maximum Gasteiger partial charge on any atom is 0.0896 e. The van der Waals surface area contributed by atoms with Crippen molar-refractivity contribution in [3.05, 3.63) is 50.9 Å². The lowest BCUT2D eigenvalue weighted by atomic mass is 9.97. The van der Waals surface area contributed by atoms with Crippen molar-refractivity contribution in [1.29, 1.82) is 0 Å². The summed E-state index contributed by atoms with van der Waals surface area (Å²) in [7, 11) is 0. The molecule has 4 heteroatoms. The Morgan fingerprint density at radius 3 is 2.67 bits per heavy atom. The van der Waals surface area contributed by atoms with Gasteiger partial charge in [-0.1, -0.05) is 29.8 Å². The lowest BCUT2D eigenvalue weighted by Gasteiger charge is -2.13. The number of hydrogen-bond acceptors (Lipinski definition) is 2. The Kier molecular flexibility index (Phi) is 5.04. The molecule has 18 heavy (non-hydrogen) atoms. The van der Waals surface area contributed by atoms with E-state index in [1.54, 1.807) is 11.3 Å². The van der Waals surface area contributed by atoms with Crippen LogP contribution in [0.25, 0.3) is 0 Å². The summed E-state index contributed by atoms with van der Waals surface area (Å²) in [6.07, 6.45) is 3.84. The fourth-order valence-corrected chi connectivity index (χ4v) is 3.28. The molecule has 0 aliphatic rings. The van der Waals surface area contributed by atoms with Crippen LogP contribution in [0, 0.1) is 12.8 Å². The Hall–Kier alpha value is -0.570. The van der Waals surface area contributed by atoms with Crippen LogP contribution >= 0.6 is 34.5 Å². The van der Waals surface area contributed by atoms with E-state index in [1.807, 2.05) is 31.3 Å². The van der Waals surface area contributed by atoms with Crippen LogP contribution in [0.4, 0.5) is 0 Å². The summed E-state index contributed by atoms with van der Waals surface area (Å²) < 4.78 is 0. The summed E-state index contributed by atoms with van der Waals surface area (Å²) >= 11 is 14.0. The fourth-order valence-electron chi connectivity index (χ4n) is 1.94. The zero-order valence-electron chi connectivity index (χ0n) is 10.2. The second kappa shape index (κ2) is 6.55. The van der Waals surface area contributed by atoms with Gasteiger partial charge in [0.1, 0.15) is 0 Å². The minimum atomic E-state index is 0.409. The van der Waals surface area contributed by atoms with Gasteiger partial charge in [0.2, 0.25) is 0 Å². The van der Waals surface area contributed by atoms with Crippen molar-refractivity contribution in [1.82, 2.24) is 4.98 Å². The Morgan fingerprint density at radius 1 is 1.28 bits per heavy atom. The number of aromatic nitrogens is 1. The zero-order valence-corrected chi connectivity index (χ0v) is 12.5. The molecular formula is C14H15Cl2NS. The number of hydrogen-bond donors (Lipinski definition) is 0. The molecule has 0 spiro atoms. The van der Waals surface area contributed by atoms with Gasteiger partial charge in [0.15, 0.2) is 0 Å². The second-order valence-corrected chi connectivity index (χ2v) is 6.40. The minimum absolute atomic E-state index is 0.409. The van der Waals surface area contributed by atoms with Gasteiger partial charge in [-0.3, -0.25) is 0 Å².